The standard InChI is InChI=1S/C15H16N/c1-4-10-16(11-5-1)15-9-8-13-6-2-3-7-14(13)12-15/h3,6-9,12H,1,4-5,10-11H2. The van der Waals surface area contributed by atoms with Crippen LogP contribution in [0.2, 0.25) is 0 Å². The Morgan fingerprint density at radius 1 is 0.938 bits per heavy atom. The molecule has 0 unspecified atom stereocenters. The van der Waals surface area contributed by atoms with Gasteiger partial charge >= 0.3 is 0 Å². The molecule has 1 aliphatic heterocycles. The Hall–Kier alpha value is -1.50. The number of benzene rings is 2. The molecule has 16 heavy (non-hydrogen) atoms. The van der Waals surface area contributed by atoms with Crippen LogP contribution < -0.4 is 4.90 Å². The molecule has 0 aromatic heterocycles. The van der Waals surface area contributed by atoms with E-state index in [1.165, 1.54) is 48.8 Å². The van der Waals surface area contributed by atoms with Crippen LogP contribution in [0.4, 0.5) is 5.69 Å². The summed E-state index contributed by atoms with van der Waals surface area (Å²) in [6, 6.07) is 16.0. The fraction of sp³-hybridized carbons (Fsp3) is 0.333. The third kappa shape index (κ3) is 1.78. The zero-order chi connectivity index (χ0) is 10.8. The zero-order valence-electron chi connectivity index (χ0n) is 9.45. The minimum atomic E-state index is 1.21. The molecule has 1 aliphatic rings. The van der Waals surface area contributed by atoms with Crippen molar-refractivity contribution in [2.75, 3.05) is 18.0 Å². The molecule has 2 aromatic rings. The lowest BCUT2D eigenvalue weighted by Gasteiger charge is -2.29. The van der Waals surface area contributed by atoms with Crippen LogP contribution in [-0.4, -0.2) is 13.1 Å². The topological polar surface area (TPSA) is 3.24 Å². The smallest absolute Gasteiger partial charge is 0.0372 e. The van der Waals surface area contributed by atoms with E-state index in [2.05, 4.69) is 41.3 Å². The lowest BCUT2D eigenvalue weighted by atomic mass is 10.1. The fourth-order valence-corrected chi connectivity index (χ4v) is 2.46. The summed E-state index contributed by atoms with van der Waals surface area (Å²) in [7, 11) is 0. The van der Waals surface area contributed by atoms with E-state index in [0.29, 0.717) is 0 Å². The zero-order valence-corrected chi connectivity index (χ0v) is 9.45. The number of fused-ring (bicyclic) bond motifs is 1. The van der Waals surface area contributed by atoms with E-state index in [1.54, 1.807) is 0 Å². The van der Waals surface area contributed by atoms with Gasteiger partial charge in [-0.15, -0.1) is 0 Å². The lowest BCUT2D eigenvalue weighted by Crippen LogP contribution is -2.29. The Morgan fingerprint density at radius 2 is 1.81 bits per heavy atom. The SMILES string of the molecule is [c]1ccc2cc(N3CCCCC3)ccc2c1. The van der Waals surface area contributed by atoms with Gasteiger partial charge in [0.15, 0.2) is 0 Å². The molecule has 1 fully saturated rings. The number of piperidine rings is 1. The molecule has 0 bridgehead atoms. The molecule has 0 atom stereocenters. The summed E-state index contributed by atoms with van der Waals surface area (Å²) in [5.74, 6) is 0. The van der Waals surface area contributed by atoms with Crippen molar-refractivity contribution in [3.63, 3.8) is 0 Å². The van der Waals surface area contributed by atoms with Gasteiger partial charge in [-0.25, -0.2) is 0 Å². The van der Waals surface area contributed by atoms with E-state index < -0.39 is 0 Å². The van der Waals surface area contributed by atoms with Crippen LogP contribution in [0.1, 0.15) is 19.3 Å². The molecule has 0 amide bonds. The van der Waals surface area contributed by atoms with Crippen molar-refractivity contribution >= 4 is 16.5 Å². The van der Waals surface area contributed by atoms with Crippen molar-refractivity contribution in [3.8, 4) is 0 Å². The van der Waals surface area contributed by atoms with E-state index >= 15 is 0 Å². The fourth-order valence-electron chi connectivity index (χ4n) is 2.46. The molecule has 1 saturated heterocycles. The molecule has 0 saturated carbocycles. The van der Waals surface area contributed by atoms with Crippen LogP contribution >= 0.6 is 0 Å². The first kappa shape index (κ1) is 9.71. The number of anilines is 1. The number of rotatable bonds is 1. The molecule has 1 radical (unpaired) electrons. The van der Waals surface area contributed by atoms with Crippen LogP contribution in [0, 0.1) is 6.07 Å². The van der Waals surface area contributed by atoms with Gasteiger partial charge in [-0.05, 0) is 54.3 Å². The molecule has 1 heteroatoms. The summed E-state index contributed by atoms with van der Waals surface area (Å²) in [5, 5.41) is 2.60. The normalized spacial score (nSPS) is 16.6. The number of hydrogen-bond donors (Lipinski definition) is 0. The Morgan fingerprint density at radius 3 is 2.69 bits per heavy atom. The van der Waals surface area contributed by atoms with E-state index in [1.807, 2.05) is 6.07 Å². The van der Waals surface area contributed by atoms with Crippen molar-refractivity contribution < 1.29 is 0 Å². The quantitative estimate of drug-likeness (QED) is 0.694. The van der Waals surface area contributed by atoms with E-state index in [4.69, 9.17) is 0 Å². The summed E-state index contributed by atoms with van der Waals surface area (Å²) in [5.41, 5.74) is 1.37. The third-order valence-corrected chi connectivity index (χ3v) is 3.39. The van der Waals surface area contributed by atoms with E-state index in [0.717, 1.165) is 0 Å². The third-order valence-electron chi connectivity index (χ3n) is 3.39. The number of hydrogen-bond acceptors (Lipinski definition) is 1. The van der Waals surface area contributed by atoms with Crippen molar-refractivity contribution in [2.45, 2.75) is 19.3 Å². The maximum Gasteiger partial charge on any atom is 0.0372 e. The maximum atomic E-state index is 3.12. The molecule has 1 heterocycles. The Balaban J connectivity index is 1.97. The van der Waals surface area contributed by atoms with Gasteiger partial charge < -0.3 is 4.90 Å². The highest BCUT2D eigenvalue weighted by molar-refractivity contribution is 5.85. The Bertz CT molecular complexity index is 484. The summed E-state index contributed by atoms with van der Waals surface area (Å²) in [4.78, 5) is 2.50. The van der Waals surface area contributed by atoms with Crippen LogP contribution in [-0.2, 0) is 0 Å². The summed E-state index contributed by atoms with van der Waals surface area (Å²) in [6.07, 6.45) is 4.06. The highest BCUT2D eigenvalue weighted by atomic mass is 15.1. The van der Waals surface area contributed by atoms with Gasteiger partial charge in [0.1, 0.15) is 0 Å². The maximum absolute atomic E-state index is 3.12. The second kappa shape index (κ2) is 4.17. The van der Waals surface area contributed by atoms with Gasteiger partial charge in [-0.2, -0.15) is 0 Å². The highest BCUT2D eigenvalue weighted by Crippen LogP contribution is 2.24. The molecule has 0 aliphatic carbocycles. The van der Waals surface area contributed by atoms with Crippen molar-refractivity contribution in [2.24, 2.45) is 0 Å². The first-order chi connectivity index (χ1) is 7.93. The molecular formula is C15H16N. The van der Waals surface area contributed by atoms with Crippen LogP contribution in [0.5, 0.6) is 0 Å². The van der Waals surface area contributed by atoms with Crippen molar-refractivity contribution in [1.82, 2.24) is 0 Å². The molecule has 1 nitrogen and oxygen atoms in total. The van der Waals surface area contributed by atoms with Gasteiger partial charge in [0.25, 0.3) is 0 Å². The van der Waals surface area contributed by atoms with Gasteiger partial charge in [-0.1, -0.05) is 18.2 Å². The predicted octanol–water partition coefficient (Wildman–Crippen LogP) is 3.63. The first-order valence-electron chi connectivity index (χ1n) is 6.08. The van der Waals surface area contributed by atoms with E-state index in [9.17, 15) is 0 Å². The average molecular weight is 210 g/mol. The van der Waals surface area contributed by atoms with Crippen molar-refractivity contribution in [3.05, 3.63) is 42.5 Å². The van der Waals surface area contributed by atoms with Gasteiger partial charge in [0.2, 0.25) is 0 Å². The average Bonchev–Trinajstić information content (AvgIpc) is 2.39. The molecule has 3 rings (SSSR count). The molecule has 81 valence electrons. The van der Waals surface area contributed by atoms with Crippen LogP contribution in [0.15, 0.2) is 36.4 Å². The van der Waals surface area contributed by atoms with Gasteiger partial charge in [0.05, 0.1) is 0 Å². The number of nitrogens with zero attached hydrogens (tertiary/aromatic N) is 1. The largest absolute Gasteiger partial charge is 0.372 e. The Labute approximate surface area is 96.7 Å². The minimum Gasteiger partial charge on any atom is -0.372 e. The first-order valence-corrected chi connectivity index (χ1v) is 6.08. The molecule has 0 spiro atoms. The highest BCUT2D eigenvalue weighted by Gasteiger charge is 2.10. The van der Waals surface area contributed by atoms with Crippen molar-refractivity contribution in [1.29, 1.82) is 0 Å². The Kier molecular flexibility index (Phi) is 2.53. The molecular weight excluding hydrogens is 194 g/mol. The molecule has 0 N–H and O–H groups in total. The van der Waals surface area contributed by atoms with E-state index in [-0.39, 0.29) is 0 Å². The van der Waals surface area contributed by atoms with Gasteiger partial charge in [-0.3, -0.25) is 0 Å². The van der Waals surface area contributed by atoms with Crippen LogP contribution in [0.25, 0.3) is 10.8 Å². The summed E-state index contributed by atoms with van der Waals surface area (Å²) < 4.78 is 0. The second-order valence-corrected chi connectivity index (χ2v) is 4.51. The monoisotopic (exact) mass is 210 g/mol. The van der Waals surface area contributed by atoms with Gasteiger partial charge in [0, 0.05) is 18.8 Å². The molecule has 2 aromatic carbocycles. The second-order valence-electron chi connectivity index (χ2n) is 4.51. The summed E-state index contributed by atoms with van der Waals surface area (Å²) in [6.45, 7) is 2.43. The predicted molar refractivity (Wildman–Crippen MR) is 68.8 cm³/mol. The lowest BCUT2D eigenvalue weighted by molar-refractivity contribution is 0.578. The van der Waals surface area contributed by atoms with Crippen LogP contribution in [0.3, 0.4) is 0 Å². The summed E-state index contributed by atoms with van der Waals surface area (Å²) >= 11 is 0. The minimum absolute atomic E-state index is 1.21.